The van der Waals surface area contributed by atoms with Gasteiger partial charge >= 0.3 is 0 Å². The molecule has 1 radical (unpaired) electrons. The normalized spacial score (nSPS) is 9.20. The van der Waals surface area contributed by atoms with Gasteiger partial charge in [-0.15, -0.1) is 0 Å². The first-order valence-corrected chi connectivity index (χ1v) is 4.21. The first-order chi connectivity index (χ1) is 7.33. The Morgan fingerprint density at radius 2 is 1.80 bits per heavy atom. The molecule has 0 aliphatic heterocycles. The van der Waals surface area contributed by atoms with Crippen LogP contribution in [0, 0.1) is 28.9 Å². The number of hydrogen-bond donors (Lipinski definition) is 0. The second kappa shape index (κ2) is 3.65. The summed E-state index contributed by atoms with van der Waals surface area (Å²) in [5, 5.41) is 21.5. The molecule has 15 heavy (non-hydrogen) atoms. The van der Waals surface area contributed by atoms with Crippen LogP contribution in [0.3, 0.4) is 0 Å². The predicted octanol–water partition coefficient (Wildman–Crippen LogP) is 1.42. The third-order valence-electron chi connectivity index (χ3n) is 1.90. The number of rotatable bonds is 1. The van der Waals surface area contributed by atoms with Gasteiger partial charge in [0.15, 0.2) is 0 Å². The minimum absolute atomic E-state index is 0.444. The minimum Gasteiger partial charge on any atom is -0.240 e. The first kappa shape index (κ1) is 8.98. The summed E-state index contributed by atoms with van der Waals surface area (Å²) in [6, 6.07) is 10.5. The lowest BCUT2D eigenvalue weighted by molar-refractivity contribution is 0.876. The lowest BCUT2D eigenvalue weighted by Gasteiger charge is -2.01. The Kier molecular flexibility index (Phi) is 2.19. The molecule has 69 valence electrons. The molecule has 0 bridgehead atoms. The van der Waals surface area contributed by atoms with Crippen molar-refractivity contribution in [1.82, 2.24) is 9.78 Å². The quantitative estimate of drug-likeness (QED) is 0.687. The molecule has 0 amide bonds. The maximum absolute atomic E-state index is 8.78. The van der Waals surface area contributed by atoms with Crippen molar-refractivity contribution in [2.75, 3.05) is 0 Å². The molecule has 2 aromatic rings. The minimum atomic E-state index is 0.444. The summed E-state index contributed by atoms with van der Waals surface area (Å²) in [5.74, 6) is 0. The van der Waals surface area contributed by atoms with E-state index in [1.54, 1.807) is 29.1 Å². The van der Waals surface area contributed by atoms with E-state index >= 15 is 0 Å². The van der Waals surface area contributed by atoms with Crippen molar-refractivity contribution in [3.63, 3.8) is 0 Å². The molecule has 1 aromatic carbocycles. The number of benzene rings is 1. The van der Waals surface area contributed by atoms with E-state index < -0.39 is 0 Å². The highest BCUT2D eigenvalue weighted by atomic mass is 15.3. The molecule has 0 aliphatic carbocycles. The third-order valence-corrected chi connectivity index (χ3v) is 1.90. The zero-order valence-corrected chi connectivity index (χ0v) is 7.68. The van der Waals surface area contributed by atoms with Crippen molar-refractivity contribution in [2.24, 2.45) is 0 Å². The van der Waals surface area contributed by atoms with Crippen LogP contribution >= 0.6 is 0 Å². The lowest BCUT2D eigenvalue weighted by atomic mass is 10.1. The van der Waals surface area contributed by atoms with E-state index in [9.17, 15) is 0 Å². The Labute approximate surface area is 86.6 Å². The van der Waals surface area contributed by atoms with E-state index in [0.29, 0.717) is 16.8 Å². The van der Waals surface area contributed by atoms with Crippen LogP contribution in [0.1, 0.15) is 11.1 Å². The molecule has 4 heteroatoms. The summed E-state index contributed by atoms with van der Waals surface area (Å²) in [4.78, 5) is 0. The van der Waals surface area contributed by atoms with Gasteiger partial charge in [0.1, 0.15) is 6.20 Å². The monoisotopic (exact) mass is 193 g/mol. The smallest absolute Gasteiger partial charge is 0.113 e. The zero-order chi connectivity index (χ0) is 10.7. The molecule has 0 aliphatic rings. The van der Waals surface area contributed by atoms with Crippen LogP contribution in [-0.2, 0) is 0 Å². The summed E-state index contributed by atoms with van der Waals surface area (Å²) >= 11 is 0. The average molecular weight is 193 g/mol. The maximum atomic E-state index is 8.78. The summed E-state index contributed by atoms with van der Waals surface area (Å²) in [5.41, 5.74) is 1.57. The Hall–Kier alpha value is -2.59. The molecule has 0 spiro atoms. The van der Waals surface area contributed by atoms with Crippen LogP contribution < -0.4 is 0 Å². The highest BCUT2D eigenvalue weighted by molar-refractivity contribution is 5.48. The molecule has 4 nitrogen and oxygen atoms in total. The van der Waals surface area contributed by atoms with E-state index in [0.717, 1.165) is 0 Å². The second-order valence-corrected chi connectivity index (χ2v) is 2.88. The van der Waals surface area contributed by atoms with Crippen molar-refractivity contribution < 1.29 is 0 Å². The summed E-state index contributed by atoms with van der Waals surface area (Å²) in [6.45, 7) is 0. The van der Waals surface area contributed by atoms with Gasteiger partial charge in [0.2, 0.25) is 0 Å². The Balaban J connectivity index is 2.59. The van der Waals surface area contributed by atoms with Crippen molar-refractivity contribution in [3.05, 3.63) is 47.8 Å². The maximum Gasteiger partial charge on any atom is 0.113 e. The van der Waals surface area contributed by atoms with Gasteiger partial charge < -0.3 is 0 Å². The largest absolute Gasteiger partial charge is 0.240 e. The fourth-order valence-corrected chi connectivity index (χ4v) is 1.25. The van der Waals surface area contributed by atoms with E-state index in [4.69, 9.17) is 10.5 Å². The van der Waals surface area contributed by atoms with E-state index in [2.05, 4.69) is 11.3 Å². The number of nitriles is 2. The number of aromatic nitrogens is 2. The van der Waals surface area contributed by atoms with E-state index in [1.165, 1.54) is 6.07 Å². The van der Waals surface area contributed by atoms with Crippen molar-refractivity contribution in [3.8, 4) is 17.8 Å². The molecule has 0 saturated carbocycles. The van der Waals surface area contributed by atoms with Crippen LogP contribution in [0.2, 0.25) is 0 Å². The fourth-order valence-electron chi connectivity index (χ4n) is 1.25. The molecule has 0 saturated heterocycles. The fraction of sp³-hybridized carbons (Fsp3) is 0. The van der Waals surface area contributed by atoms with E-state index in [1.807, 2.05) is 12.1 Å². The van der Waals surface area contributed by atoms with Gasteiger partial charge in [-0.2, -0.15) is 15.6 Å². The van der Waals surface area contributed by atoms with Crippen molar-refractivity contribution in [1.29, 1.82) is 10.5 Å². The van der Waals surface area contributed by atoms with Crippen LogP contribution in [-0.4, -0.2) is 9.78 Å². The third kappa shape index (κ3) is 1.70. The standard InChI is InChI=1S/C11H5N4/c12-7-9-4-10(8-13)6-11(5-9)15-3-1-2-14-15/h1,3-6H. The molecule has 0 unspecified atom stereocenters. The summed E-state index contributed by atoms with van der Waals surface area (Å²) < 4.78 is 1.56. The van der Waals surface area contributed by atoms with Gasteiger partial charge in [0.05, 0.1) is 29.0 Å². The molecule has 1 heterocycles. The molecule has 0 atom stereocenters. The van der Waals surface area contributed by atoms with Gasteiger partial charge in [-0.05, 0) is 24.3 Å². The Bertz CT molecular complexity index is 523. The molecule has 1 aromatic heterocycles. The number of hydrogen-bond acceptors (Lipinski definition) is 3. The average Bonchev–Trinajstić information content (AvgIpc) is 2.81. The molecular weight excluding hydrogens is 188 g/mol. The zero-order valence-electron chi connectivity index (χ0n) is 7.68. The summed E-state index contributed by atoms with van der Waals surface area (Å²) in [6.07, 6.45) is 4.36. The topological polar surface area (TPSA) is 65.4 Å². The van der Waals surface area contributed by atoms with Crippen molar-refractivity contribution >= 4 is 0 Å². The highest BCUT2D eigenvalue weighted by Crippen LogP contribution is 2.12. The number of nitrogens with zero attached hydrogens (tertiary/aromatic N) is 4. The van der Waals surface area contributed by atoms with Crippen LogP contribution in [0.5, 0.6) is 0 Å². The SMILES string of the molecule is N#Cc1cc(C#N)cc(-n2cc[c]n2)c1. The molecule has 0 fully saturated rings. The predicted molar refractivity (Wildman–Crippen MR) is 51.8 cm³/mol. The van der Waals surface area contributed by atoms with Crippen LogP contribution in [0.25, 0.3) is 5.69 Å². The summed E-state index contributed by atoms with van der Waals surface area (Å²) in [7, 11) is 0. The Morgan fingerprint density at radius 1 is 1.13 bits per heavy atom. The molecular formula is C11H5N4. The molecule has 0 N–H and O–H groups in total. The van der Waals surface area contributed by atoms with Gasteiger partial charge in [-0.1, -0.05) is 0 Å². The van der Waals surface area contributed by atoms with E-state index in [-0.39, 0.29) is 0 Å². The van der Waals surface area contributed by atoms with Gasteiger partial charge in [-0.3, -0.25) is 0 Å². The Morgan fingerprint density at radius 3 is 2.27 bits per heavy atom. The highest BCUT2D eigenvalue weighted by Gasteiger charge is 2.02. The van der Waals surface area contributed by atoms with Crippen LogP contribution in [0.15, 0.2) is 30.5 Å². The van der Waals surface area contributed by atoms with Crippen LogP contribution in [0.4, 0.5) is 0 Å². The van der Waals surface area contributed by atoms with Gasteiger partial charge in [0.25, 0.3) is 0 Å². The first-order valence-electron chi connectivity index (χ1n) is 4.21. The van der Waals surface area contributed by atoms with Gasteiger partial charge in [-0.25, -0.2) is 4.68 Å². The lowest BCUT2D eigenvalue weighted by Crippen LogP contribution is -1.95. The van der Waals surface area contributed by atoms with Crippen molar-refractivity contribution in [2.45, 2.75) is 0 Å². The molecule has 2 rings (SSSR count). The van der Waals surface area contributed by atoms with Gasteiger partial charge in [0, 0.05) is 6.20 Å². The second-order valence-electron chi connectivity index (χ2n) is 2.88.